The molecule has 16 heavy (non-hydrogen) atoms. The third-order valence-corrected chi connectivity index (χ3v) is 2.53. The third kappa shape index (κ3) is 3.22. The quantitative estimate of drug-likeness (QED) is 0.588. The number of hydrogen-bond donors (Lipinski definition) is 0. The molecule has 0 spiro atoms. The minimum absolute atomic E-state index is 0.328. The van der Waals surface area contributed by atoms with Gasteiger partial charge in [0.05, 0.1) is 13.2 Å². The van der Waals surface area contributed by atoms with Crippen LogP contribution in [0.15, 0.2) is 24.3 Å². The van der Waals surface area contributed by atoms with Crippen molar-refractivity contribution in [1.29, 1.82) is 0 Å². The highest BCUT2D eigenvalue weighted by molar-refractivity contribution is 6.30. The highest BCUT2D eigenvalue weighted by atomic mass is 35.5. The fourth-order valence-electron chi connectivity index (χ4n) is 1.41. The molecule has 0 N–H and O–H groups in total. The highest BCUT2D eigenvalue weighted by Gasteiger charge is 2.21. The van der Waals surface area contributed by atoms with Crippen LogP contribution in [0.1, 0.15) is 23.4 Å². The number of hydrogen-bond acceptors (Lipinski definition) is 3. The largest absolute Gasteiger partial charge is 0.465 e. The van der Waals surface area contributed by atoms with E-state index in [0.717, 1.165) is 11.1 Å². The van der Waals surface area contributed by atoms with Crippen molar-refractivity contribution < 1.29 is 14.3 Å². The maximum Gasteiger partial charge on any atom is 0.328 e. The van der Waals surface area contributed by atoms with Gasteiger partial charge < -0.3 is 9.47 Å². The van der Waals surface area contributed by atoms with Crippen molar-refractivity contribution in [2.75, 3.05) is 13.7 Å². The number of alkyl halides is 1. The average Bonchev–Trinajstić information content (AvgIpc) is 2.29. The molecular formula is C12H15ClO3. The van der Waals surface area contributed by atoms with E-state index >= 15 is 0 Å². The summed E-state index contributed by atoms with van der Waals surface area (Å²) in [7, 11) is 1.60. The van der Waals surface area contributed by atoms with Gasteiger partial charge in [0, 0.05) is 7.11 Å². The molecule has 1 atom stereocenters. The number of ether oxygens (including phenoxy) is 2. The van der Waals surface area contributed by atoms with Gasteiger partial charge in [-0.3, -0.25) is 4.79 Å². The molecular weight excluding hydrogens is 228 g/mol. The molecule has 0 aliphatic carbocycles. The lowest BCUT2D eigenvalue weighted by Gasteiger charge is -2.13. The monoisotopic (exact) mass is 242 g/mol. The van der Waals surface area contributed by atoms with Crippen LogP contribution in [-0.4, -0.2) is 19.7 Å². The average molecular weight is 243 g/mol. The zero-order valence-corrected chi connectivity index (χ0v) is 10.2. The molecule has 0 radical (unpaired) electrons. The van der Waals surface area contributed by atoms with Crippen LogP contribution in [0.3, 0.4) is 0 Å². The topological polar surface area (TPSA) is 35.5 Å². The van der Waals surface area contributed by atoms with Gasteiger partial charge in [0.2, 0.25) is 0 Å². The Balaban J connectivity index is 2.89. The molecule has 1 aromatic carbocycles. The van der Waals surface area contributed by atoms with Gasteiger partial charge in [0.25, 0.3) is 0 Å². The summed E-state index contributed by atoms with van der Waals surface area (Å²) in [6.07, 6.45) is 0. The summed E-state index contributed by atoms with van der Waals surface area (Å²) in [5.74, 6) is -0.423. The summed E-state index contributed by atoms with van der Waals surface area (Å²) in [4.78, 5) is 11.5. The smallest absolute Gasteiger partial charge is 0.328 e. The fraction of sp³-hybridized carbons (Fsp3) is 0.417. The molecule has 0 aliphatic heterocycles. The molecule has 0 aromatic heterocycles. The fourth-order valence-corrected chi connectivity index (χ4v) is 1.69. The van der Waals surface area contributed by atoms with Crippen LogP contribution in [0.5, 0.6) is 0 Å². The first kappa shape index (κ1) is 13.0. The Morgan fingerprint density at radius 3 is 2.75 bits per heavy atom. The Labute approximate surface area is 100 Å². The van der Waals surface area contributed by atoms with Gasteiger partial charge in [-0.2, -0.15) is 0 Å². The molecule has 0 aliphatic rings. The number of halogens is 1. The van der Waals surface area contributed by atoms with E-state index in [1.165, 1.54) is 0 Å². The van der Waals surface area contributed by atoms with Gasteiger partial charge in [-0.15, -0.1) is 11.6 Å². The van der Waals surface area contributed by atoms with Gasteiger partial charge in [0.15, 0.2) is 5.38 Å². The lowest BCUT2D eigenvalue weighted by atomic mass is 10.1. The molecule has 1 rings (SSSR count). The molecule has 1 aromatic rings. The summed E-state index contributed by atoms with van der Waals surface area (Å²) < 4.78 is 9.93. The SMILES string of the molecule is CCOC(=O)C(Cl)c1ccccc1COC. The first-order valence-electron chi connectivity index (χ1n) is 5.08. The molecule has 4 heteroatoms. The Hall–Kier alpha value is -1.06. The first-order valence-corrected chi connectivity index (χ1v) is 5.51. The molecule has 0 saturated heterocycles. The molecule has 0 bridgehead atoms. The van der Waals surface area contributed by atoms with Crippen molar-refractivity contribution in [2.45, 2.75) is 18.9 Å². The number of carbonyl (C=O) groups excluding carboxylic acids is 1. The summed E-state index contributed by atoms with van der Waals surface area (Å²) in [6, 6.07) is 7.41. The van der Waals surface area contributed by atoms with E-state index in [4.69, 9.17) is 21.1 Å². The predicted molar refractivity (Wildman–Crippen MR) is 62.4 cm³/mol. The van der Waals surface area contributed by atoms with Crippen LogP contribution in [0.2, 0.25) is 0 Å². The number of esters is 1. The summed E-state index contributed by atoms with van der Waals surface area (Å²) in [5.41, 5.74) is 1.64. The van der Waals surface area contributed by atoms with Crippen LogP contribution < -0.4 is 0 Å². The normalized spacial score (nSPS) is 12.2. The third-order valence-electron chi connectivity index (χ3n) is 2.12. The Kier molecular flexibility index (Phi) is 5.29. The van der Waals surface area contributed by atoms with Crippen molar-refractivity contribution >= 4 is 17.6 Å². The number of benzene rings is 1. The maximum absolute atomic E-state index is 11.5. The zero-order valence-electron chi connectivity index (χ0n) is 9.40. The number of carbonyl (C=O) groups is 1. The van der Waals surface area contributed by atoms with Crippen LogP contribution in [-0.2, 0) is 20.9 Å². The minimum Gasteiger partial charge on any atom is -0.465 e. The van der Waals surface area contributed by atoms with Gasteiger partial charge in [-0.25, -0.2) is 0 Å². The standard InChI is InChI=1S/C12H15ClO3/c1-3-16-12(14)11(13)10-7-5-4-6-9(10)8-15-2/h4-7,11H,3,8H2,1-2H3. The van der Waals surface area contributed by atoms with Crippen molar-refractivity contribution in [3.8, 4) is 0 Å². The molecule has 3 nitrogen and oxygen atoms in total. The number of methoxy groups -OCH3 is 1. The Morgan fingerprint density at radius 1 is 1.44 bits per heavy atom. The van der Waals surface area contributed by atoms with Crippen molar-refractivity contribution in [3.63, 3.8) is 0 Å². The molecule has 0 saturated carbocycles. The van der Waals surface area contributed by atoms with Crippen LogP contribution in [0.25, 0.3) is 0 Å². The summed E-state index contributed by atoms with van der Waals surface area (Å²) in [6.45, 7) is 2.51. The van der Waals surface area contributed by atoms with Crippen LogP contribution in [0.4, 0.5) is 0 Å². The maximum atomic E-state index is 11.5. The Bertz CT molecular complexity index is 352. The van der Waals surface area contributed by atoms with E-state index in [-0.39, 0.29) is 0 Å². The van der Waals surface area contributed by atoms with Crippen molar-refractivity contribution in [1.82, 2.24) is 0 Å². The van der Waals surface area contributed by atoms with Gasteiger partial charge in [-0.1, -0.05) is 24.3 Å². The van der Waals surface area contributed by atoms with E-state index in [1.807, 2.05) is 24.3 Å². The first-order chi connectivity index (χ1) is 7.70. The summed E-state index contributed by atoms with van der Waals surface area (Å²) in [5, 5.41) is -0.772. The summed E-state index contributed by atoms with van der Waals surface area (Å²) >= 11 is 6.05. The minimum atomic E-state index is -0.772. The predicted octanol–water partition coefficient (Wildman–Crippen LogP) is 2.68. The zero-order chi connectivity index (χ0) is 12.0. The van der Waals surface area contributed by atoms with Gasteiger partial charge in [-0.05, 0) is 18.1 Å². The van der Waals surface area contributed by atoms with Gasteiger partial charge in [0.1, 0.15) is 0 Å². The van der Waals surface area contributed by atoms with E-state index in [0.29, 0.717) is 13.2 Å². The Morgan fingerprint density at radius 2 is 2.12 bits per heavy atom. The van der Waals surface area contributed by atoms with E-state index < -0.39 is 11.3 Å². The molecule has 0 amide bonds. The number of rotatable bonds is 5. The lowest BCUT2D eigenvalue weighted by molar-refractivity contribution is -0.142. The van der Waals surface area contributed by atoms with Crippen LogP contribution >= 0.6 is 11.6 Å². The molecule has 1 unspecified atom stereocenters. The van der Waals surface area contributed by atoms with E-state index in [1.54, 1.807) is 14.0 Å². The second kappa shape index (κ2) is 6.51. The molecule has 88 valence electrons. The van der Waals surface area contributed by atoms with E-state index in [9.17, 15) is 4.79 Å². The second-order valence-corrected chi connectivity index (χ2v) is 3.68. The van der Waals surface area contributed by atoms with E-state index in [2.05, 4.69) is 0 Å². The molecule has 0 fully saturated rings. The second-order valence-electron chi connectivity index (χ2n) is 3.25. The highest BCUT2D eigenvalue weighted by Crippen LogP contribution is 2.25. The van der Waals surface area contributed by atoms with Crippen LogP contribution in [0, 0.1) is 0 Å². The van der Waals surface area contributed by atoms with Gasteiger partial charge >= 0.3 is 5.97 Å². The molecule has 0 heterocycles. The van der Waals surface area contributed by atoms with Crippen molar-refractivity contribution in [3.05, 3.63) is 35.4 Å². The van der Waals surface area contributed by atoms with Crippen molar-refractivity contribution in [2.24, 2.45) is 0 Å². The lowest BCUT2D eigenvalue weighted by Crippen LogP contribution is -2.13.